The van der Waals surface area contributed by atoms with E-state index in [9.17, 15) is 12.8 Å². The zero-order valence-corrected chi connectivity index (χ0v) is 12.5. The molecule has 1 heterocycles. The normalized spacial score (nSPS) is 19.6. The van der Waals surface area contributed by atoms with E-state index in [-0.39, 0.29) is 11.8 Å². The number of hydrogen-bond acceptors (Lipinski definition) is 3. The number of rotatable bonds is 6. The lowest BCUT2D eigenvalue weighted by molar-refractivity contribution is 0.334. The van der Waals surface area contributed by atoms with Gasteiger partial charge < -0.3 is 5.32 Å². The SMILES string of the molecule is CCCN(C1CCNC1)S(=O)(=O)Cc1cccc(F)c1. The van der Waals surface area contributed by atoms with Crippen molar-refractivity contribution in [2.75, 3.05) is 19.6 Å². The van der Waals surface area contributed by atoms with Crippen molar-refractivity contribution in [3.8, 4) is 0 Å². The summed E-state index contributed by atoms with van der Waals surface area (Å²) in [6, 6.07) is 5.82. The Morgan fingerprint density at radius 3 is 2.85 bits per heavy atom. The smallest absolute Gasteiger partial charge is 0.218 e. The summed E-state index contributed by atoms with van der Waals surface area (Å²) in [6.07, 6.45) is 1.61. The van der Waals surface area contributed by atoms with E-state index in [1.165, 1.54) is 12.1 Å². The summed E-state index contributed by atoms with van der Waals surface area (Å²) >= 11 is 0. The van der Waals surface area contributed by atoms with E-state index in [1.807, 2.05) is 6.92 Å². The lowest BCUT2D eigenvalue weighted by Crippen LogP contribution is -2.42. The lowest BCUT2D eigenvalue weighted by atomic mass is 10.2. The van der Waals surface area contributed by atoms with Gasteiger partial charge in [0.05, 0.1) is 5.75 Å². The third kappa shape index (κ3) is 3.77. The molecular weight excluding hydrogens is 279 g/mol. The second-order valence-corrected chi connectivity index (χ2v) is 7.07. The number of nitrogens with zero attached hydrogens (tertiary/aromatic N) is 1. The molecule has 4 nitrogen and oxygen atoms in total. The summed E-state index contributed by atoms with van der Waals surface area (Å²) in [6.45, 7) is 4.03. The molecule has 0 radical (unpaired) electrons. The minimum atomic E-state index is -3.41. The first-order valence-corrected chi connectivity index (χ1v) is 8.58. The maximum Gasteiger partial charge on any atom is 0.218 e. The van der Waals surface area contributed by atoms with Gasteiger partial charge in [-0.2, -0.15) is 4.31 Å². The Labute approximate surface area is 120 Å². The highest BCUT2D eigenvalue weighted by molar-refractivity contribution is 7.88. The van der Waals surface area contributed by atoms with Gasteiger partial charge in [0.1, 0.15) is 5.82 Å². The average molecular weight is 300 g/mol. The Hall–Kier alpha value is -0.980. The molecule has 0 aliphatic carbocycles. The predicted molar refractivity (Wildman–Crippen MR) is 77.3 cm³/mol. The van der Waals surface area contributed by atoms with Crippen LogP contribution in [0.2, 0.25) is 0 Å². The topological polar surface area (TPSA) is 49.4 Å². The Kier molecular flexibility index (Phi) is 5.12. The second kappa shape index (κ2) is 6.65. The van der Waals surface area contributed by atoms with Crippen LogP contribution in [-0.4, -0.2) is 38.4 Å². The van der Waals surface area contributed by atoms with Gasteiger partial charge >= 0.3 is 0 Å². The Morgan fingerprint density at radius 2 is 2.25 bits per heavy atom. The van der Waals surface area contributed by atoms with Crippen molar-refractivity contribution in [2.24, 2.45) is 0 Å². The third-order valence-corrected chi connectivity index (χ3v) is 5.37. The first-order chi connectivity index (χ1) is 9.53. The van der Waals surface area contributed by atoms with Gasteiger partial charge in [0.25, 0.3) is 0 Å². The summed E-state index contributed by atoms with van der Waals surface area (Å²) < 4.78 is 39.9. The molecule has 1 aromatic rings. The van der Waals surface area contributed by atoms with Gasteiger partial charge in [-0.3, -0.25) is 0 Å². The van der Waals surface area contributed by atoms with Crippen molar-refractivity contribution in [1.29, 1.82) is 0 Å². The molecule has 1 N–H and O–H groups in total. The van der Waals surface area contributed by atoms with E-state index in [0.29, 0.717) is 18.7 Å². The number of halogens is 1. The molecule has 1 aromatic carbocycles. The van der Waals surface area contributed by atoms with Crippen molar-refractivity contribution in [2.45, 2.75) is 31.6 Å². The molecule has 1 fully saturated rings. The van der Waals surface area contributed by atoms with Gasteiger partial charge in [0, 0.05) is 19.1 Å². The van der Waals surface area contributed by atoms with Gasteiger partial charge in [0.2, 0.25) is 10.0 Å². The molecule has 1 aliphatic heterocycles. The minimum Gasteiger partial charge on any atom is -0.315 e. The Morgan fingerprint density at radius 1 is 1.45 bits per heavy atom. The van der Waals surface area contributed by atoms with Crippen LogP contribution in [0.5, 0.6) is 0 Å². The van der Waals surface area contributed by atoms with Crippen molar-refractivity contribution in [1.82, 2.24) is 9.62 Å². The van der Waals surface area contributed by atoms with Crippen molar-refractivity contribution in [3.63, 3.8) is 0 Å². The summed E-state index contributed by atoms with van der Waals surface area (Å²) in [7, 11) is -3.41. The molecule has 20 heavy (non-hydrogen) atoms. The molecule has 0 spiro atoms. The highest BCUT2D eigenvalue weighted by Crippen LogP contribution is 2.18. The van der Waals surface area contributed by atoms with E-state index in [4.69, 9.17) is 0 Å². The van der Waals surface area contributed by atoms with Crippen LogP contribution in [0.4, 0.5) is 4.39 Å². The van der Waals surface area contributed by atoms with E-state index < -0.39 is 15.8 Å². The molecule has 2 rings (SSSR count). The minimum absolute atomic E-state index is 0.0218. The maximum absolute atomic E-state index is 13.2. The molecule has 0 amide bonds. The molecule has 0 saturated carbocycles. The van der Waals surface area contributed by atoms with Crippen LogP contribution in [0.15, 0.2) is 24.3 Å². The van der Waals surface area contributed by atoms with Crippen LogP contribution in [0, 0.1) is 5.82 Å². The fourth-order valence-corrected chi connectivity index (χ4v) is 4.44. The van der Waals surface area contributed by atoms with Gasteiger partial charge in [-0.05, 0) is 37.1 Å². The monoisotopic (exact) mass is 300 g/mol. The van der Waals surface area contributed by atoms with Crippen LogP contribution < -0.4 is 5.32 Å². The predicted octanol–water partition coefficient (Wildman–Crippen LogP) is 1.73. The standard InChI is InChI=1S/C14H21FN2O2S/c1-2-8-17(14-6-7-16-10-14)20(18,19)11-12-4-3-5-13(15)9-12/h3-5,9,14,16H,2,6-8,10-11H2,1H3. The van der Waals surface area contributed by atoms with Crippen molar-refractivity contribution >= 4 is 10.0 Å². The summed E-state index contributed by atoms with van der Waals surface area (Å²) in [5.74, 6) is -0.538. The fraction of sp³-hybridized carbons (Fsp3) is 0.571. The first kappa shape index (κ1) is 15.4. The fourth-order valence-electron chi connectivity index (χ4n) is 2.57. The number of benzene rings is 1. The molecule has 6 heteroatoms. The summed E-state index contributed by atoms with van der Waals surface area (Å²) in [5, 5.41) is 3.19. The lowest BCUT2D eigenvalue weighted by Gasteiger charge is -2.27. The summed E-state index contributed by atoms with van der Waals surface area (Å²) in [4.78, 5) is 0. The van der Waals surface area contributed by atoms with Gasteiger partial charge in [0.15, 0.2) is 0 Å². The second-order valence-electron chi connectivity index (χ2n) is 5.14. The number of sulfonamides is 1. The van der Waals surface area contributed by atoms with Crippen LogP contribution >= 0.6 is 0 Å². The highest BCUT2D eigenvalue weighted by Gasteiger charge is 2.31. The third-order valence-electron chi connectivity index (χ3n) is 3.48. The van der Waals surface area contributed by atoms with Crippen LogP contribution in [0.1, 0.15) is 25.3 Å². The van der Waals surface area contributed by atoms with E-state index in [0.717, 1.165) is 19.4 Å². The van der Waals surface area contributed by atoms with E-state index in [1.54, 1.807) is 16.4 Å². The van der Waals surface area contributed by atoms with Crippen LogP contribution in [0.25, 0.3) is 0 Å². The largest absolute Gasteiger partial charge is 0.315 e. The molecule has 112 valence electrons. The molecule has 1 saturated heterocycles. The van der Waals surface area contributed by atoms with E-state index >= 15 is 0 Å². The van der Waals surface area contributed by atoms with Crippen molar-refractivity contribution < 1.29 is 12.8 Å². The first-order valence-electron chi connectivity index (χ1n) is 6.97. The average Bonchev–Trinajstić information content (AvgIpc) is 2.88. The number of nitrogens with one attached hydrogen (secondary N) is 1. The van der Waals surface area contributed by atoms with Gasteiger partial charge in [-0.25, -0.2) is 12.8 Å². The highest BCUT2D eigenvalue weighted by atomic mass is 32.2. The maximum atomic E-state index is 13.2. The molecule has 0 aromatic heterocycles. The Balaban J connectivity index is 2.17. The van der Waals surface area contributed by atoms with Crippen LogP contribution in [-0.2, 0) is 15.8 Å². The van der Waals surface area contributed by atoms with E-state index in [2.05, 4.69) is 5.32 Å². The number of hydrogen-bond donors (Lipinski definition) is 1. The van der Waals surface area contributed by atoms with Gasteiger partial charge in [-0.15, -0.1) is 0 Å². The van der Waals surface area contributed by atoms with Crippen molar-refractivity contribution in [3.05, 3.63) is 35.6 Å². The zero-order valence-electron chi connectivity index (χ0n) is 11.7. The quantitative estimate of drug-likeness (QED) is 0.870. The zero-order chi connectivity index (χ0) is 14.6. The molecule has 1 atom stereocenters. The molecule has 1 unspecified atom stereocenters. The van der Waals surface area contributed by atoms with Gasteiger partial charge in [-0.1, -0.05) is 19.1 Å². The summed E-state index contributed by atoms with van der Waals surface area (Å²) in [5.41, 5.74) is 0.497. The molecule has 0 bridgehead atoms. The van der Waals surface area contributed by atoms with Crippen LogP contribution in [0.3, 0.4) is 0 Å². The Bertz CT molecular complexity index is 542. The molecular formula is C14H21FN2O2S. The molecule has 1 aliphatic rings.